The van der Waals surface area contributed by atoms with Crippen molar-refractivity contribution in [1.29, 1.82) is 0 Å². The van der Waals surface area contributed by atoms with Crippen molar-refractivity contribution in [2.24, 2.45) is 10.9 Å². The molecule has 2 rings (SSSR count). The summed E-state index contributed by atoms with van der Waals surface area (Å²) < 4.78 is 15.0. The van der Waals surface area contributed by atoms with Crippen molar-refractivity contribution in [3.8, 4) is 0 Å². The molecule has 1 aromatic carbocycles. The maximum Gasteiger partial charge on any atom is 0.129 e. The molecule has 0 saturated heterocycles. The maximum atomic E-state index is 13.0. The Balaban J connectivity index is 0.00000242. The Hall–Kier alpha value is -1.63. The molecule has 128 valence electrons. The van der Waals surface area contributed by atoms with Crippen molar-refractivity contribution in [2.45, 2.75) is 19.4 Å². The number of aryl methyl sites for hydroxylation is 1. The summed E-state index contributed by atoms with van der Waals surface area (Å²) in [6.45, 7) is 1.62. The van der Waals surface area contributed by atoms with Crippen molar-refractivity contribution < 1.29 is 9.23 Å². The zero-order valence-electron chi connectivity index (χ0n) is 12.6. The van der Waals surface area contributed by atoms with Gasteiger partial charge in [-0.05, 0) is 30.5 Å². The molecule has 8 heteroatoms. The van der Waals surface area contributed by atoms with Gasteiger partial charge in [0, 0.05) is 25.5 Å². The van der Waals surface area contributed by atoms with Gasteiger partial charge < -0.3 is 15.1 Å². The summed E-state index contributed by atoms with van der Waals surface area (Å²) in [5, 5.41) is 4.12. The van der Waals surface area contributed by atoms with Crippen LogP contribution in [0.25, 0.3) is 0 Å². The highest BCUT2D eigenvalue weighted by atomic mass is 35.5. The Morgan fingerprint density at radius 1 is 1.26 bits per heavy atom. The number of nitrogens with two attached hydrogens (primary N) is 1. The first kappa shape index (κ1) is 21.4. The first-order chi connectivity index (χ1) is 10.3. The number of imidazole rings is 1. The second-order valence-electron chi connectivity index (χ2n) is 4.57. The van der Waals surface area contributed by atoms with E-state index in [0.29, 0.717) is 13.2 Å². The molecule has 0 amide bonds. The Morgan fingerprint density at radius 2 is 2.00 bits per heavy atom. The van der Waals surface area contributed by atoms with Crippen LogP contribution in [0, 0.1) is 5.82 Å². The predicted octanol–water partition coefficient (Wildman–Crippen LogP) is 3.03. The lowest BCUT2D eigenvalue weighted by atomic mass is 10.1. The van der Waals surface area contributed by atoms with Crippen LogP contribution in [-0.4, -0.2) is 28.4 Å². The summed E-state index contributed by atoms with van der Waals surface area (Å²) >= 11 is 0. The second kappa shape index (κ2) is 11.9. The van der Waals surface area contributed by atoms with Crippen LogP contribution in [0.4, 0.5) is 4.39 Å². The average molecular weight is 363 g/mol. The van der Waals surface area contributed by atoms with E-state index in [1.807, 2.05) is 10.8 Å². The van der Waals surface area contributed by atoms with Crippen molar-refractivity contribution in [1.82, 2.24) is 9.55 Å². The van der Waals surface area contributed by atoms with Gasteiger partial charge in [-0.25, -0.2) is 9.37 Å². The minimum atomic E-state index is -0.264. The van der Waals surface area contributed by atoms with E-state index >= 15 is 0 Å². The highest BCUT2D eigenvalue weighted by Gasteiger charge is 2.05. The van der Waals surface area contributed by atoms with Gasteiger partial charge in [0.15, 0.2) is 0 Å². The third-order valence-corrected chi connectivity index (χ3v) is 2.95. The van der Waals surface area contributed by atoms with Gasteiger partial charge in [0.1, 0.15) is 12.4 Å². The fourth-order valence-electron chi connectivity index (χ4n) is 1.91. The molecule has 0 aliphatic heterocycles. The molecule has 0 atom stereocenters. The number of benzene rings is 1. The van der Waals surface area contributed by atoms with Gasteiger partial charge in [0.05, 0.1) is 12.0 Å². The minimum absolute atomic E-state index is 0. The number of oxime groups is 1. The van der Waals surface area contributed by atoms with Crippen molar-refractivity contribution in [2.75, 3.05) is 13.2 Å². The van der Waals surface area contributed by atoms with E-state index in [-0.39, 0.29) is 30.6 Å². The molecule has 0 spiro atoms. The molecule has 0 aliphatic rings. The van der Waals surface area contributed by atoms with Gasteiger partial charge in [-0.15, -0.1) is 24.8 Å². The molecule has 2 aromatic rings. The van der Waals surface area contributed by atoms with Crippen LogP contribution in [-0.2, 0) is 11.4 Å². The number of halogens is 3. The zero-order chi connectivity index (χ0) is 14.9. The summed E-state index contributed by atoms with van der Waals surface area (Å²) in [4.78, 5) is 9.17. The normalized spacial score (nSPS) is 10.6. The Morgan fingerprint density at radius 3 is 2.61 bits per heavy atom. The predicted molar refractivity (Wildman–Crippen MR) is 93.9 cm³/mol. The van der Waals surface area contributed by atoms with Gasteiger partial charge in [0.2, 0.25) is 0 Å². The fourth-order valence-corrected chi connectivity index (χ4v) is 1.91. The highest BCUT2D eigenvalue weighted by molar-refractivity contribution is 6.00. The Bertz CT molecular complexity index is 561. The van der Waals surface area contributed by atoms with Gasteiger partial charge in [-0.1, -0.05) is 17.3 Å². The highest BCUT2D eigenvalue weighted by Crippen LogP contribution is 2.10. The summed E-state index contributed by atoms with van der Waals surface area (Å²) in [6, 6.07) is 6.25. The molecule has 1 heterocycles. The molecule has 5 nitrogen and oxygen atoms in total. The van der Waals surface area contributed by atoms with E-state index in [9.17, 15) is 4.39 Å². The lowest BCUT2D eigenvalue weighted by Gasteiger charge is -2.07. The molecule has 0 bridgehead atoms. The second-order valence-corrected chi connectivity index (χ2v) is 4.57. The molecule has 0 saturated carbocycles. The van der Waals surface area contributed by atoms with Crippen LogP contribution >= 0.6 is 24.8 Å². The summed E-state index contributed by atoms with van der Waals surface area (Å²) in [7, 11) is 0. The number of nitrogens with zero attached hydrogens (tertiary/aromatic N) is 3. The van der Waals surface area contributed by atoms with E-state index in [1.165, 1.54) is 12.1 Å². The van der Waals surface area contributed by atoms with Crippen molar-refractivity contribution in [3.05, 3.63) is 54.4 Å². The zero-order valence-corrected chi connectivity index (χ0v) is 14.2. The first-order valence-electron chi connectivity index (χ1n) is 6.90. The van der Waals surface area contributed by atoms with Crippen LogP contribution in [0.2, 0.25) is 0 Å². The molecule has 2 N–H and O–H groups in total. The van der Waals surface area contributed by atoms with E-state index in [0.717, 1.165) is 30.7 Å². The van der Waals surface area contributed by atoms with Crippen LogP contribution < -0.4 is 5.73 Å². The Labute approximate surface area is 147 Å². The third-order valence-electron chi connectivity index (χ3n) is 2.95. The molecule has 0 fully saturated rings. The van der Waals surface area contributed by atoms with Gasteiger partial charge in [-0.2, -0.15) is 0 Å². The van der Waals surface area contributed by atoms with Crippen LogP contribution in [0.1, 0.15) is 18.4 Å². The largest absolute Gasteiger partial charge is 0.394 e. The number of aromatic nitrogens is 2. The number of rotatable bonds is 8. The van der Waals surface area contributed by atoms with E-state index in [4.69, 9.17) is 10.6 Å². The first-order valence-corrected chi connectivity index (χ1v) is 6.90. The van der Waals surface area contributed by atoms with Gasteiger partial charge >= 0.3 is 0 Å². The maximum absolute atomic E-state index is 13.0. The molecule has 23 heavy (non-hydrogen) atoms. The van der Waals surface area contributed by atoms with Crippen LogP contribution in [0.5, 0.6) is 0 Å². The van der Waals surface area contributed by atoms with Crippen LogP contribution in [0.3, 0.4) is 0 Å². The lowest BCUT2D eigenvalue weighted by Crippen LogP contribution is -2.09. The number of hydrogen-bond donors (Lipinski definition) is 1. The molecular formula is C15H21Cl2FN4O. The molecule has 0 unspecified atom stereocenters. The quantitative estimate of drug-likeness (QED) is 0.445. The molecular weight excluding hydrogens is 342 g/mol. The SMILES string of the molecule is Cl.Cl.NCCON=C(CCCn1ccnc1)c1ccc(F)cc1. The summed E-state index contributed by atoms with van der Waals surface area (Å²) in [5.41, 5.74) is 7.04. The van der Waals surface area contributed by atoms with Crippen LogP contribution in [0.15, 0.2) is 48.1 Å². The van der Waals surface area contributed by atoms with E-state index in [2.05, 4.69) is 10.1 Å². The minimum Gasteiger partial charge on any atom is -0.394 e. The van der Waals surface area contributed by atoms with Crippen molar-refractivity contribution >= 4 is 30.5 Å². The monoisotopic (exact) mass is 362 g/mol. The van der Waals surface area contributed by atoms with Gasteiger partial charge in [0.25, 0.3) is 0 Å². The summed E-state index contributed by atoms with van der Waals surface area (Å²) in [5.74, 6) is -0.264. The molecule has 1 aromatic heterocycles. The molecule has 0 aliphatic carbocycles. The van der Waals surface area contributed by atoms with E-state index in [1.54, 1.807) is 24.7 Å². The van der Waals surface area contributed by atoms with Crippen molar-refractivity contribution in [3.63, 3.8) is 0 Å². The fraction of sp³-hybridized carbons (Fsp3) is 0.333. The standard InChI is InChI=1S/C15H19FN4O.2ClH/c16-14-5-3-13(4-6-14)15(19-21-11-7-17)2-1-9-20-10-8-18-12-20;;/h3-6,8,10,12H,1-2,7,9,11,17H2;2*1H. The topological polar surface area (TPSA) is 65.4 Å². The smallest absolute Gasteiger partial charge is 0.129 e. The third kappa shape index (κ3) is 7.45. The lowest BCUT2D eigenvalue weighted by molar-refractivity contribution is 0.151. The van der Waals surface area contributed by atoms with E-state index < -0.39 is 0 Å². The summed E-state index contributed by atoms with van der Waals surface area (Å²) in [6.07, 6.45) is 7.06. The average Bonchev–Trinajstić information content (AvgIpc) is 3.00. The van der Waals surface area contributed by atoms with Gasteiger partial charge in [-0.3, -0.25) is 0 Å². The number of hydrogen-bond acceptors (Lipinski definition) is 4. The molecule has 0 radical (unpaired) electrons. The Kier molecular flexibility index (Phi) is 11.0.